The van der Waals surface area contributed by atoms with Crippen LogP contribution in [0.25, 0.3) is 0 Å². The number of rotatable bonds is 8. The fourth-order valence-electron chi connectivity index (χ4n) is 3.67. The number of piperidine rings is 1. The van der Waals surface area contributed by atoms with Crippen LogP contribution in [0.3, 0.4) is 0 Å². The number of aliphatic hydroxyl groups excluding tert-OH is 1. The van der Waals surface area contributed by atoms with E-state index in [2.05, 4.69) is 17.1 Å². The molecule has 1 saturated carbocycles. The highest BCUT2D eigenvalue weighted by molar-refractivity contribution is 4.74. The van der Waals surface area contributed by atoms with Gasteiger partial charge in [0.05, 0.1) is 19.3 Å². The molecule has 0 aromatic heterocycles. The molecule has 1 heterocycles. The number of nitrogens with zero attached hydrogens (tertiary/aromatic N) is 1. The Morgan fingerprint density at radius 2 is 1.90 bits per heavy atom. The second kappa shape index (κ2) is 9.78. The highest BCUT2D eigenvalue weighted by Gasteiger charge is 2.21. The van der Waals surface area contributed by atoms with Gasteiger partial charge in [-0.25, -0.2) is 0 Å². The first kappa shape index (κ1) is 17.2. The van der Waals surface area contributed by atoms with Crippen molar-refractivity contribution in [2.75, 3.05) is 45.9 Å². The van der Waals surface area contributed by atoms with Gasteiger partial charge in [-0.3, -0.25) is 0 Å². The normalized spacial score (nSPS) is 28.9. The molecular formula is C17H34N2O2. The molecule has 2 fully saturated rings. The molecule has 0 aromatic carbocycles. The second-order valence-electron chi connectivity index (χ2n) is 6.88. The van der Waals surface area contributed by atoms with E-state index in [0.717, 1.165) is 51.2 Å². The summed E-state index contributed by atoms with van der Waals surface area (Å²) in [6, 6.07) is 0. The molecule has 0 aromatic rings. The lowest BCUT2D eigenvalue weighted by molar-refractivity contribution is -0.00351. The Morgan fingerprint density at radius 3 is 2.62 bits per heavy atom. The fraction of sp³-hybridized carbons (Fsp3) is 1.00. The minimum Gasteiger partial charge on any atom is -0.395 e. The average Bonchev–Trinajstić information content (AvgIpc) is 2.51. The van der Waals surface area contributed by atoms with E-state index in [1.165, 1.54) is 38.5 Å². The number of β-amino-alcohol motifs (C(OH)–C–C–N with tert-alkyl or cyclic N) is 1. The smallest absolute Gasteiger partial charge is 0.0601 e. The van der Waals surface area contributed by atoms with Crippen molar-refractivity contribution in [1.82, 2.24) is 10.2 Å². The standard InChI is InChI=1S/C17H34N2O2/c1-15-4-2-3-5-17(15)21-13-8-18-14-16-6-9-19(10-7-16)11-12-20/h15-18,20H,2-14H2,1H3/t15-,17+/m1/s1. The lowest BCUT2D eigenvalue weighted by Gasteiger charge is -2.31. The predicted molar refractivity (Wildman–Crippen MR) is 86.5 cm³/mol. The van der Waals surface area contributed by atoms with Crippen molar-refractivity contribution in [1.29, 1.82) is 0 Å². The molecule has 1 aliphatic carbocycles. The van der Waals surface area contributed by atoms with Crippen LogP contribution in [0, 0.1) is 11.8 Å². The number of nitrogens with one attached hydrogen (secondary N) is 1. The molecule has 2 atom stereocenters. The third-order valence-electron chi connectivity index (χ3n) is 5.20. The minimum atomic E-state index is 0.292. The first-order valence-corrected chi connectivity index (χ1v) is 8.95. The molecule has 1 saturated heterocycles. The van der Waals surface area contributed by atoms with Crippen molar-refractivity contribution < 1.29 is 9.84 Å². The maximum absolute atomic E-state index is 8.94. The number of hydrogen-bond acceptors (Lipinski definition) is 4. The van der Waals surface area contributed by atoms with Crippen molar-refractivity contribution in [2.45, 2.75) is 51.6 Å². The topological polar surface area (TPSA) is 44.7 Å². The zero-order chi connectivity index (χ0) is 14.9. The molecule has 21 heavy (non-hydrogen) atoms. The second-order valence-corrected chi connectivity index (χ2v) is 6.88. The fourth-order valence-corrected chi connectivity index (χ4v) is 3.67. The van der Waals surface area contributed by atoms with Crippen LogP contribution in [0.5, 0.6) is 0 Å². The summed E-state index contributed by atoms with van der Waals surface area (Å²) >= 11 is 0. The number of hydrogen-bond donors (Lipinski definition) is 2. The Bertz CT molecular complexity index is 268. The summed E-state index contributed by atoms with van der Waals surface area (Å²) in [6.07, 6.45) is 8.33. The Balaban J connectivity index is 1.47. The van der Waals surface area contributed by atoms with Gasteiger partial charge in [-0.2, -0.15) is 0 Å². The van der Waals surface area contributed by atoms with Crippen LogP contribution in [-0.4, -0.2) is 62.0 Å². The molecule has 124 valence electrons. The summed E-state index contributed by atoms with van der Waals surface area (Å²) in [6.45, 7) is 8.71. The Kier molecular flexibility index (Phi) is 8.01. The van der Waals surface area contributed by atoms with Crippen LogP contribution in [-0.2, 0) is 4.74 Å². The van der Waals surface area contributed by atoms with Gasteiger partial charge in [0.1, 0.15) is 0 Å². The van der Waals surface area contributed by atoms with Crippen LogP contribution < -0.4 is 5.32 Å². The highest BCUT2D eigenvalue weighted by Crippen LogP contribution is 2.26. The maximum atomic E-state index is 8.94. The third kappa shape index (κ3) is 6.23. The molecular weight excluding hydrogens is 264 g/mol. The molecule has 2 aliphatic rings. The van der Waals surface area contributed by atoms with Crippen LogP contribution in [0.15, 0.2) is 0 Å². The highest BCUT2D eigenvalue weighted by atomic mass is 16.5. The number of aliphatic hydroxyl groups is 1. The van der Waals surface area contributed by atoms with Crippen LogP contribution in [0.4, 0.5) is 0 Å². The van der Waals surface area contributed by atoms with E-state index in [4.69, 9.17) is 9.84 Å². The van der Waals surface area contributed by atoms with E-state index in [1.54, 1.807) is 0 Å². The van der Waals surface area contributed by atoms with Crippen LogP contribution >= 0.6 is 0 Å². The van der Waals surface area contributed by atoms with E-state index in [1.807, 2.05) is 0 Å². The van der Waals surface area contributed by atoms with Crippen molar-refractivity contribution in [3.05, 3.63) is 0 Å². The zero-order valence-electron chi connectivity index (χ0n) is 13.7. The van der Waals surface area contributed by atoms with E-state index in [9.17, 15) is 0 Å². The van der Waals surface area contributed by atoms with Gasteiger partial charge in [-0.05, 0) is 57.2 Å². The molecule has 0 unspecified atom stereocenters. The third-order valence-corrected chi connectivity index (χ3v) is 5.20. The maximum Gasteiger partial charge on any atom is 0.0601 e. The molecule has 0 spiro atoms. The van der Waals surface area contributed by atoms with E-state index >= 15 is 0 Å². The summed E-state index contributed by atoms with van der Waals surface area (Å²) in [5.74, 6) is 1.54. The first-order valence-electron chi connectivity index (χ1n) is 8.95. The Morgan fingerprint density at radius 1 is 1.14 bits per heavy atom. The van der Waals surface area contributed by atoms with E-state index in [-0.39, 0.29) is 0 Å². The van der Waals surface area contributed by atoms with Crippen molar-refractivity contribution in [2.24, 2.45) is 11.8 Å². The van der Waals surface area contributed by atoms with Gasteiger partial charge < -0.3 is 20.1 Å². The summed E-state index contributed by atoms with van der Waals surface area (Å²) in [7, 11) is 0. The SMILES string of the molecule is C[C@@H]1CCCC[C@@H]1OCCNCC1CCN(CCO)CC1. The molecule has 0 amide bonds. The van der Waals surface area contributed by atoms with Gasteiger partial charge in [0, 0.05) is 13.1 Å². The predicted octanol–water partition coefficient (Wildman–Crippen LogP) is 1.88. The van der Waals surface area contributed by atoms with Gasteiger partial charge in [0.25, 0.3) is 0 Å². The average molecular weight is 298 g/mol. The molecule has 4 nitrogen and oxygen atoms in total. The molecule has 4 heteroatoms. The summed E-state index contributed by atoms with van der Waals surface area (Å²) < 4.78 is 6.04. The molecule has 1 aliphatic heterocycles. The largest absolute Gasteiger partial charge is 0.395 e. The lowest BCUT2D eigenvalue weighted by atomic mass is 9.88. The van der Waals surface area contributed by atoms with Crippen molar-refractivity contribution in [3.63, 3.8) is 0 Å². The Hall–Kier alpha value is -0.160. The number of likely N-dealkylation sites (tertiary alicyclic amines) is 1. The molecule has 0 radical (unpaired) electrons. The van der Waals surface area contributed by atoms with Crippen LogP contribution in [0.2, 0.25) is 0 Å². The van der Waals surface area contributed by atoms with E-state index in [0.29, 0.717) is 12.7 Å². The van der Waals surface area contributed by atoms with Crippen molar-refractivity contribution >= 4 is 0 Å². The first-order chi connectivity index (χ1) is 10.3. The summed E-state index contributed by atoms with van der Waals surface area (Å²) in [5, 5.41) is 12.5. The van der Waals surface area contributed by atoms with Gasteiger partial charge in [-0.1, -0.05) is 19.8 Å². The van der Waals surface area contributed by atoms with Crippen molar-refractivity contribution in [3.8, 4) is 0 Å². The van der Waals surface area contributed by atoms with E-state index < -0.39 is 0 Å². The summed E-state index contributed by atoms with van der Waals surface area (Å²) in [5.41, 5.74) is 0. The quantitative estimate of drug-likeness (QED) is 0.672. The molecule has 2 N–H and O–H groups in total. The lowest BCUT2D eigenvalue weighted by Crippen LogP contribution is -2.39. The monoisotopic (exact) mass is 298 g/mol. The molecule has 2 rings (SSSR count). The number of ether oxygens (including phenoxy) is 1. The minimum absolute atomic E-state index is 0.292. The Labute approximate surface area is 130 Å². The zero-order valence-corrected chi connectivity index (χ0v) is 13.7. The summed E-state index contributed by atoms with van der Waals surface area (Å²) in [4.78, 5) is 2.37. The van der Waals surface area contributed by atoms with Gasteiger partial charge in [0.15, 0.2) is 0 Å². The van der Waals surface area contributed by atoms with Crippen LogP contribution in [0.1, 0.15) is 45.4 Å². The van der Waals surface area contributed by atoms with Gasteiger partial charge >= 0.3 is 0 Å². The van der Waals surface area contributed by atoms with Gasteiger partial charge in [-0.15, -0.1) is 0 Å². The van der Waals surface area contributed by atoms with Gasteiger partial charge in [0.2, 0.25) is 0 Å². The molecule has 0 bridgehead atoms.